The van der Waals surface area contributed by atoms with Crippen LogP contribution < -0.4 is 25.1 Å². The predicted molar refractivity (Wildman–Crippen MR) is 139 cm³/mol. The van der Waals surface area contributed by atoms with Crippen LogP contribution in [-0.2, 0) is 0 Å². The Kier molecular flexibility index (Phi) is 6.68. The van der Waals surface area contributed by atoms with Crippen molar-refractivity contribution >= 4 is 22.6 Å². The van der Waals surface area contributed by atoms with Crippen molar-refractivity contribution in [3.05, 3.63) is 107 Å². The Bertz CT molecular complexity index is 1690. The Morgan fingerprint density at radius 1 is 0.947 bits per heavy atom. The largest absolute Gasteiger partial charge is 0.491 e. The molecule has 3 heterocycles. The summed E-state index contributed by atoms with van der Waals surface area (Å²) in [7, 11) is 3.01. The number of hydrogen-bond acceptors (Lipinski definition) is 7. The van der Waals surface area contributed by atoms with Crippen molar-refractivity contribution in [2.24, 2.45) is 0 Å². The molecule has 0 aliphatic rings. The molecule has 0 atom stereocenters. The van der Waals surface area contributed by atoms with Crippen LogP contribution >= 0.6 is 0 Å². The number of nitrogens with zero attached hydrogens (tertiary/aromatic N) is 3. The smallest absolute Gasteiger partial charge is 0.267 e. The van der Waals surface area contributed by atoms with Gasteiger partial charge in [0.05, 0.1) is 19.7 Å². The minimum Gasteiger partial charge on any atom is -0.491 e. The summed E-state index contributed by atoms with van der Waals surface area (Å²) in [5.41, 5.74) is 1.38. The van der Waals surface area contributed by atoms with E-state index in [-0.39, 0.29) is 5.56 Å². The lowest BCUT2D eigenvalue weighted by atomic mass is 10.2. The fourth-order valence-electron chi connectivity index (χ4n) is 3.79. The number of carbonyl (C=O) groups excluding carboxylic acids is 1. The second kappa shape index (κ2) is 10.4. The first-order valence-electron chi connectivity index (χ1n) is 11.4. The average Bonchev–Trinajstić information content (AvgIpc) is 2.94. The van der Waals surface area contributed by atoms with Crippen LogP contribution in [0.3, 0.4) is 0 Å². The molecule has 0 spiro atoms. The normalized spacial score (nSPS) is 10.7. The maximum Gasteiger partial charge on any atom is 0.267 e. The highest BCUT2D eigenvalue weighted by Crippen LogP contribution is 2.34. The van der Waals surface area contributed by atoms with Gasteiger partial charge in [-0.1, -0.05) is 0 Å². The number of anilines is 1. The van der Waals surface area contributed by atoms with Crippen molar-refractivity contribution < 1.29 is 23.4 Å². The molecule has 3 aromatic heterocycles. The summed E-state index contributed by atoms with van der Waals surface area (Å²) in [6.07, 6.45) is 3.11. The zero-order chi connectivity index (χ0) is 26.6. The summed E-state index contributed by atoms with van der Waals surface area (Å²) in [4.78, 5) is 34.5. The third-order valence-electron chi connectivity index (χ3n) is 5.66. The van der Waals surface area contributed by atoms with Crippen LogP contribution in [0.25, 0.3) is 16.7 Å². The number of carbonyl (C=O) groups is 1. The molecule has 9 nitrogen and oxygen atoms in total. The molecule has 0 aliphatic heterocycles. The van der Waals surface area contributed by atoms with Crippen LogP contribution in [0, 0.1) is 5.82 Å². The topological polar surface area (TPSA) is 105 Å². The number of methoxy groups -OCH3 is 2. The fraction of sp³-hybridized carbons (Fsp3) is 0.0714. The Labute approximate surface area is 216 Å². The lowest BCUT2D eigenvalue weighted by Crippen LogP contribution is -2.27. The van der Waals surface area contributed by atoms with E-state index >= 15 is 0 Å². The molecule has 0 aliphatic carbocycles. The minimum absolute atomic E-state index is 0.0594. The molecule has 1 amide bonds. The minimum atomic E-state index is -0.578. The summed E-state index contributed by atoms with van der Waals surface area (Å²) in [6, 6.07) is 18.5. The predicted octanol–water partition coefficient (Wildman–Crippen LogP) is 4.98. The number of nitrogens with one attached hydrogen (secondary N) is 1. The van der Waals surface area contributed by atoms with Crippen LogP contribution in [0.1, 0.15) is 10.4 Å². The summed E-state index contributed by atoms with van der Waals surface area (Å²) in [6.45, 7) is 0. The monoisotopic (exact) mass is 512 g/mol. The molecule has 38 heavy (non-hydrogen) atoms. The number of hydrogen-bond donors (Lipinski definition) is 1. The number of ether oxygens (including phenoxy) is 3. The van der Waals surface area contributed by atoms with E-state index in [0.29, 0.717) is 45.5 Å². The molecule has 0 saturated heterocycles. The molecule has 0 bridgehead atoms. The summed E-state index contributed by atoms with van der Waals surface area (Å²) in [5.74, 6) is 0.702. The van der Waals surface area contributed by atoms with Gasteiger partial charge in [-0.2, -0.15) is 0 Å². The number of fused-ring (bicyclic) bond motifs is 1. The van der Waals surface area contributed by atoms with Gasteiger partial charge in [0.2, 0.25) is 0 Å². The maximum absolute atomic E-state index is 13.3. The van der Waals surface area contributed by atoms with Crippen molar-refractivity contribution in [1.29, 1.82) is 0 Å². The van der Waals surface area contributed by atoms with E-state index in [2.05, 4.69) is 15.3 Å². The van der Waals surface area contributed by atoms with Gasteiger partial charge in [0.1, 0.15) is 22.6 Å². The van der Waals surface area contributed by atoms with Crippen molar-refractivity contribution in [1.82, 2.24) is 14.5 Å². The zero-order valence-corrected chi connectivity index (χ0v) is 20.3. The molecule has 190 valence electrons. The van der Waals surface area contributed by atoms with Crippen LogP contribution in [0.15, 0.2) is 90.0 Å². The SMILES string of the molecule is COc1cc2nccc(Oc3ccc(NC(=O)c4cccn(-c5ccc(F)cc5)c4=O)cc3)c2nc1OC. The molecule has 1 N–H and O–H groups in total. The second-order valence-electron chi connectivity index (χ2n) is 8.03. The summed E-state index contributed by atoms with van der Waals surface area (Å²) < 4.78 is 31.1. The Morgan fingerprint density at radius 2 is 1.71 bits per heavy atom. The van der Waals surface area contributed by atoms with Crippen molar-refractivity contribution in [2.45, 2.75) is 0 Å². The van der Waals surface area contributed by atoms with E-state index < -0.39 is 17.3 Å². The average molecular weight is 512 g/mol. The zero-order valence-electron chi connectivity index (χ0n) is 20.3. The van der Waals surface area contributed by atoms with Crippen LogP contribution in [0.5, 0.6) is 23.1 Å². The van der Waals surface area contributed by atoms with E-state index in [0.717, 1.165) is 0 Å². The third kappa shape index (κ3) is 4.87. The molecule has 0 fully saturated rings. The van der Waals surface area contributed by atoms with Crippen molar-refractivity contribution in [3.63, 3.8) is 0 Å². The number of amides is 1. The molecule has 0 unspecified atom stereocenters. The standard InChI is InChI=1S/C28H21FN4O5/c1-36-24-16-22-25(32-27(24)37-2)23(13-14-30-22)38-20-11-7-18(8-12-20)31-26(34)21-4-3-15-33(28(21)35)19-9-5-17(29)6-10-19/h3-16H,1-2H3,(H,31,34). The van der Waals surface area contributed by atoms with E-state index in [4.69, 9.17) is 14.2 Å². The highest BCUT2D eigenvalue weighted by Gasteiger charge is 2.15. The first-order valence-corrected chi connectivity index (χ1v) is 11.4. The number of rotatable bonds is 7. The Balaban J connectivity index is 1.34. The number of benzene rings is 2. The highest BCUT2D eigenvalue weighted by molar-refractivity contribution is 6.04. The molecule has 0 radical (unpaired) electrons. The van der Waals surface area contributed by atoms with Crippen molar-refractivity contribution in [2.75, 3.05) is 19.5 Å². The van der Waals surface area contributed by atoms with Gasteiger partial charge in [0.25, 0.3) is 17.3 Å². The summed E-state index contributed by atoms with van der Waals surface area (Å²) in [5, 5.41) is 2.71. The molecule has 5 aromatic rings. The van der Waals surface area contributed by atoms with E-state index in [9.17, 15) is 14.0 Å². The number of aromatic nitrogens is 3. The van der Waals surface area contributed by atoms with Gasteiger partial charge in [0, 0.05) is 35.9 Å². The van der Waals surface area contributed by atoms with Gasteiger partial charge < -0.3 is 19.5 Å². The van der Waals surface area contributed by atoms with Gasteiger partial charge in [-0.15, -0.1) is 0 Å². The van der Waals surface area contributed by atoms with Gasteiger partial charge in [-0.05, 0) is 60.7 Å². The van der Waals surface area contributed by atoms with Gasteiger partial charge in [-0.3, -0.25) is 19.1 Å². The molecular formula is C28H21FN4O5. The third-order valence-corrected chi connectivity index (χ3v) is 5.66. The van der Waals surface area contributed by atoms with Gasteiger partial charge in [-0.25, -0.2) is 9.37 Å². The molecule has 2 aromatic carbocycles. The highest BCUT2D eigenvalue weighted by atomic mass is 19.1. The van der Waals surface area contributed by atoms with Crippen LogP contribution in [0.4, 0.5) is 10.1 Å². The van der Waals surface area contributed by atoms with Crippen LogP contribution in [-0.4, -0.2) is 34.7 Å². The van der Waals surface area contributed by atoms with Crippen molar-refractivity contribution in [3.8, 4) is 28.8 Å². The fourth-order valence-corrected chi connectivity index (χ4v) is 3.79. The first-order chi connectivity index (χ1) is 18.5. The first kappa shape index (κ1) is 24.4. The number of halogens is 1. The second-order valence-corrected chi connectivity index (χ2v) is 8.03. The number of pyridine rings is 3. The van der Waals surface area contributed by atoms with Gasteiger partial charge in [0.15, 0.2) is 11.5 Å². The lowest BCUT2D eigenvalue weighted by Gasteiger charge is -2.12. The quantitative estimate of drug-likeness (QED) is 0.328. The molecule has 5 rings (SSSR count). The van der Waals surface area contributed by atoms with E-state index in [1.807, 2.05) is 0 Å². The molecule has 0 saturated carbocycles. The van der Waals surface area contributed by atoms with E-state index in [1.165, 1.54) is 55.3 Å². The van der Waals surface area contributed by atoms with Crippen LogP contribution in [0.2, 0.25) is 0 Å². The molecular weight excluding hydrogens is 491 g/mol. The van der Waals surface area contributed by atoms with E-state index in [1.54, 1.807) is 48.7 Å². The summed E-state index contributed by atoms with van der Waals surface area (Å²) >= 11 is 0. The lowest BCUT2D eigenvalue weighted by molar-refractivity contribution is 0.102. The Hall–Kier alpha value is -5.25. The Morgan fingerprint density at radius 3 is 2.42 bits per heavy atom. The van der Waals surface area contributed by atoms with Gasteiger partial charge >= 0.3 is 0 Å². The molecule has 10 heteroatoms. The maximum atomic E-state index is 13.3.